The first-order chi connectivity index (χ1) is 22.6. The number of amides is 2. The monoisotopic (exact) mass is 713 g/mol. The van der Waals surface area contributed by atoms with Crippen LogP contribution in [0.4, 0.5) is 49.7 Å². The number of nitrogens with two attached hydrogens (primary N) is 1. The molecule has 3 aromatic rings. The predicted octanol–water partition coefficient (Wildman–Crippen LogP) is 4.18. The Labute approximate surface area is 270 Å². The van der Waals surface area contributed by atoms with Crippen molar-refractivity contribution in [3.63, 3.8) is 0 Å². The normalized spacial score (nSPS) is 20.6. The second-order valence-corrected chi connectivity index (χ2v) is 12.2. The van der Waals surface area contributed by atoms with Crippen molar-refractivity contribution < 1.29 is 58.6 Å². The van der Waals surface area contributed by atoms with Crippen LogP contribution in [-0.2, 0) is 11.3 Å². The number of benzene rings is 1. The van der Waals surface area contributed by atoms with E-state index in [0.717, 1.165) is 18.5 Å². The average Bonchev–Trinajstić information content (AvgIpc) is 3.53. The molecule has 1 aromatic carbocycles. The first-order valence-corrected chi connectivity index (χ1v) is 14.7. The van der Waals surface area contributed by atoms with Crippen molar-refractivity contribution in [2.24, 2.45) is 0 Å². The van der Waals surface area contributed by atoms with Gasteiger partial charge in [0.05, 0.1) is 24.7 Å². The average molecular weight is 714 g/mol. The zero-order chi connectivity index (χ0) is 36.3. The largest absolute Gasteiger partial charge is 0.426 e. The number of rotatable bonds is 7. The third-order valence-electron chi connectivity index (χ3n) is 8.74. The van der Waals surface area contributed by atoms with Gasteiger partial charge in [0.1, 0.15) is 23.8 Å². The number of piperidine rings is 1. The Balaban J connectivity index is 1.38. The van der Waals surface area contributed by atoms with E-state index in [1.807, 2.05) is 0 Å². The predicted molar refractivity (Wildman–Crippen MR) is 151 cm³/mol. The van der Waals surface area contributed by atoms with Crippen LogP contribution in [-0.4, -0.2) is 104 Å². The van der Waals surface area contributed by atoms with Gasteiger partial charge in [-0.15, -0.1) is 0 Å². The Kier molecular flexibility index (Phi) is 9.28. The van der Waals surface area contributed by atoms with Crippen LogP contribution in [0.25, 0.3) is 16.8 Å². The van der Waals surface area contributed by atoms with Crippen molar-refractivity contribution in [1.29, 1.82) is 0 Å². The van der Waals surface area contributed by atoms with Crippen LogP contribution in [0, 0.1) is 12.7 Å². The number of hydrogen-bond acceptors (Lipinski definition) is 7. The van der Waals surface area contributed by atoms with Crippen molar-refractivity contribution in [1.82, 2.24) is 29.7 Å². The fraction of sp³-hybridized carbons (Fsp3) is 0.517. The second-order valence-electron chi connectivity index (χ2n) is 12.2. The van der Waals surface area contributed by atoms with E-state index >= 15 is 4.39 Å². The Bertz CT molecular complexity index is 1740. The van der Waals surface area contributed by atoms with Gasteiger partial charge in [-0.3, -0.25) is 14.5 Å². The lowest BCUT2D eigenvalue weighted by Gasteiger charge is -2.32. The van der Waals surface area contributed by atoms with E-state index in [4.69, 9.17) is 5.73 Å². The molecule has 0 radical (unpaired) electrons. The molecule has 0 saturated carbocycles. The number of nitrogens with zero attached hydrogens (tertiary/aromatic N) is 5. The molecular formula is C29H29F10N7O3. The topological polar surface area (TPSA) is 129 Å². The van der Waals surface area contributed by atoms with E-state index in [9.17, 15) is 54.2 Å². The molecule has 2 atom stereocenters. The molecule has 2 aromatic heterocycles. The minimum atomic E-state index is -6.27. The first kappa shape index (κ1) is 36.1. The number of fused-ring (bicyclic) bond motifs is 1. The van der Waals surface area contributed by atoms with Gasteiger partial charge in [0.2, 0.25) is 5.91 Å². The highest BCUT2D eigenvalue weighted by atomic mass is 19.4. The molecule has 2 saturated heterocycles. The van der Waals surface area contributed by atoms with Gasteiger partial charge in [-0.25, -0.2) is 27.1 Å². The smallest absolute Gasteiger partial charge is 0.382 e. The quantitative estimate of drug-likeness (QED) is 0.314. The van der Waals surface area contributed by atoms with Gasteiger partial charge < -0.3 is 21.1 Å². The first-order valence-electron chi connectivity index (χ1n) is 14.7. The zero-order valence-corrected chi connectivity index (χ0v) is 25.5. The molecule has 2 amide bonds. The van der Waals surface area contributed by atoms with Gasteiger partial charge in [0.15, 0.2) is 5.82 Å². The maximum atomic E-state index is 15.5. The van der Waals surface area contributed by atoms with E-state index in [-0.39, 0.29) is 66.2 Å². The molecule has 20 heteroatoms. The molecule has 49 heavy (non-hydrogen) atoms. The number of anilines is 1. The van der Waals surface area contributed by atoms with Gasteiger partial charge in [0.25, 0.3) is 17.4 Å². The minimum absolute atomic E-state index is 0.00213. The molecule has 268 valence electrons. The van der Waals surface area contributed by atoms with E-state index in [1.54, 1.807) is 4.90 Å². The molecule has 0 bridgehead atoms. The van der Waals surface area contributed by atoms with Crippen LogP contribution in [0.15, 0.2) is 24.5 Å². The van der Waals surface area contributed by atoms with Crippen LogP contribution in [0.3, 0.4) is 0 Å². The maximum absolute atomic E-state index is 15.5. The highest BCUT2D eigenvalue weighted by Gasteiger charge is 2.71. The molecule has 4 heterocycles. The number of nitrogens with one attached hydrogen (secondary N) is 1. The van der Waals surface area contributed by atoms with Crippen LogP contribution >= 0.6 is 0 Å². The standard InChI is InChI=1S/C29H29F10N7O3/c1-14-6-18(30)17(21-7-15(23-24(40)41-13-42-46(21)23)10-44-4-2-26(32,33)3-5-44)8-16(14)25(48)43-20-12-45(11-19(20)31)22(47)9-27(49,28(34,35)36)29(37,38)39/h6-8,13,19-20,49H,2-5,9-12H2,1H3,(H,43,48)(H2,40,41,42)/t19-,20+/m0/s1. The summed E-state index contributed by atoms with van der Waals surface area (Å²) in [7, 11) is 0. The number of carbonyl (C=O) groups excluding carboxylic acids is 2. The van der Waals surface area contributed by atoms with E-state index in [2.05, 4.69) is 15.4 Å². The highest BCUT2D eigenvalue weighted by Crippen LogP contribution is 2.45. The number of aromatic nitrogens is 3. The Morgan fingerprint density at radius 1 is 1.06 bits per heavy atom. The SMILES string of the molecule is Cc1cc(F)c(-c2cc(CN3CCC(F)(F)CC3)c3c(N)ncnn23)cc1C(=O)N[C@@H]1CN(C(=O)CC(O)(C(F)(F)F)C(F)(F)F)C[C@@H]1F. The Morgan fingerprint density at radius 3 is 2.31 bits per heavy atom. The molecule has 5 rings (SSSR count). The molecule has 2 aliphatic heterocycles. The van der Waals surface area contributed by atoms with Crippen LogP contribution < -0.4 is 11.1 Å². The van der Waals surface area contributed by atoms with Crippen LogP contribution in [0.2, 0.25) is 0 Å². The van der Waals surface area contributed by atoms with Crippen molar-refractivity contribution >= 4 is 23.1 Å². The van der Waals surface area contributed by atoms with Gasteiger partial charge in [-0.1, -0.05) is 0 Å². The third kappa shape index (κ3) is 6.97. The van der Waals surface area contributed by atoms with Crippen molar-refractivity contribution in [3.8, 4) is 11.3 Å². The van der Waals surface area contributed by atoms with E-state index < -0.39 is 73.2 Å². The third-order valence-corrected chi connectivity index (χ3v) is 8.74. The number of hydrogen-bond donors (Lipinski definition) is 3. The maximum Gasteiger partial charge on any atom is 0.426 e. The van der Waals surface area contributed by atoms with Crippen molar-refractivity contribution in [3.05, 3.63) is 47.0 Å². The number of carbonyl (C=O) groups is 2. The number of nitrogen functional groups attached to an aromatic ring is 1. The molecular weight excluding hydrogens is 684 g/mol. The molecule has 0 unspecified atom stereocenters. The molecule has 10 nitrogen and oxygen atoms in total. The van der Waals surface area contributed by atoms with E-state index in [1.165, 1.54) is 17.5 Å². The van der Waals surface area contributed by atoms with Crippen molar-refractivity contribution in [2.75, 3.05) is 31.9 Å². The van der Waals surface area contributed by atoms with Crippen molar-refractivity contribution in [2.45, 2.75) is 68.8 Å². The lowest BCUT2D eigenvalue weighted by atomic mass is 9.97. The number of aliphatic hydroxyl groups is 1. The van der Waals surface area contributed by atoms with Crippen LogP contribution in [0.5, 0.6) is 0 Å². The zero-order valence-electron chi connectivity index (χ0n) is 25.5. The van der Waals surface area contributed by atoms with E-state index in [0.29, 0.717) is 10.5 Å². The van der Waals surface area contributed by atoms with Gasteiger partial charge in [-0.2, -0.15) is 31.4 Å². The highest BCUT2D eigenvalue weighted by molar-refractivity contribution is 5.97. The summed E-state index contributed by atoms with van der Waals surface area (Å²) in [5.41, 5.74) is 1.22. The number of aryl methyl sites for hydroxylation is 1. The molecule has 2 aliphatic rings. The number of likely N-dealkylation sites (tertiary alicyclic amines) is 2. The summed E-state index contributed by atoms with van der Waals surface area (Å²) in [4.78, 5) is 31.7. The summed E-state index contributed by atoms with van der Waals surface area (Å²) in [5.74, 6) is -6.48. The van der Waals surface area contributed by atoms with Gasteiger partial charge >= 0.3 is 12.4 Å². The summed E-state index contributed by atoms with van der Waals surface area (Å²) < 4.78 is 138. The lowest BCUT2D eigenvalue weighted by Crippen LogP contribution is -2.59. The second kappa shape index (κ2) is 12.6. The summed E-state index contributed by atoms with van der Waals surface area (Å²) >= 11 is 0. The minimum Gasteiger partial charge on any atom is -0.382 e. The Hall–Kier alpha value is -4.20. The number of alkyl halides is 9. The van der Waals surface area contributed by atoms with Crippen LogP contribution in [0.1, 0.15) is 40.7 Å². The molecule has 0 spiro atoms. The summed E-state index contributed by atoms with van der Waals surface area (Å²) in [6, 6.07) is 2.03. The Morgan fingerprint density at radius 2 is 1.69 bits per heavy atom. The number of halogens is 10. The fourth-order valence-corrected chi connectivity index (χ4v) is 5.89. The lowest BCUT2D eigenvalue weighted by molar-refractivity contribution is -0.367. The summed E-state index contributed by atoms with van der Waals surface area (Å²) in [5, 5.41) is 15.7. The van der Waals surface area contributed by atoms with Gasteiger partial charge in [0, 0.05) is 50.1 Å². The van der Waals surface area contributed by atoms with Gasteiger partial charge in [-0.05, 0) is 36.2 Å². The summed E-state index contributed by atoms with van der Waals surface area (Å²) in [6.07, 6.45) is -16.7. The molecule has 2 fully saturated rings. The molecule has 4 N–H and O–H groups in total. The summed E-state index contributed by atoms with van der Waals surface area (Å²) in [6.45, 7) is -0.171. The fourth-order valence-electron chi connectivity index (χ4n) is 5.89. The molecule has 0 aliphatic carbocycles.